The summed E-state index contributed by atoms with van der Waals surface area (Å²) in [7, 11) is 0. The number of ether oxygens (including phenoxy) is 1. The number of carbonyl (C=O) groups is 1. The van der Waals surface area contributed by atoms with Crippen molar-refractivity contribution in [1.29, 1.82) is 0 Å². The molecule has 110 valence electrons. The Labute approximate surface area is 127 Å². The topological polar surface area (TPSA) is 58.2 Å². The fourth-order valence-corrected chi connectivity index (χ4v) is 4.32. The minimum Gasteiger partial charge on any atom is -0.370 e. The lowest BCUT2D eigenvalue weighted by molar-refractivity contribution is -0.0927. The van der Waals surface area contributed by atoms with Crippen LogP contribution in [-0.4, -0.2) is 40.5 Å². The van der Waals surface area contributed by atoms with E-state index in [1.807, 2.05) is 16.2 Å². The molecule has 0 atom stereocenters. The van der Waals surface area contributed by atoms with Gasteiger partial charge >= 0.3 is 0 Å². The van der Waals surface area contributed by atoms with Crippen LogP contribution in [0.25, 0.3) is 0 Å². The molecule has 1 saturated heterocycles. The molecule has 0 unspecified atom stereocenters. The molecule has 0 radical (unpaired) electrons. The molecule has 0 aliphatic carbocycles. The first-order valence-electron chi connectivity index (χ1n) is 7.28. The Bertz CT molecular complexity index is 642. The predicted octanol–water partition coefficient (Wildman–Crippen LogP) is 2.18. The maximum Gasteiger partial charge on any atom is 0.289 e. The van der Waals surface area contributed by atoms with Crippen molar-refractivity contribution < 1.29 is 9.53 Å². The van der Waals surface area contributed by atoms with Gasteiger partial charge in [0.15, 0.2) is 5.82 Å². The zero-order valence-corrected chi connectivity index (χ0v) is 12.5. The van der Waals surface area contributed by atoms with E-state index >= 15 is 0 Å². The lowest BCUT2D eigenvalue weighted by Crippen LogP contribution is -2.48. The van der Waals surface area contributed by atoms with Gasteiger partial charge in [-0.15, -0.1) is 11.3 Å². The highest BCUT2D eigenvalue weighted by atomic mass is 32.1. The maximum atomic E-state index is 12.3. The molecule has 4 rings (SSSR count). The molecule has 0 saturated carbocycles. The number of nitrogens with zero attached hydrogens (tertiary/aromatic N) is 2. The number of likely N-dealkylation sites (tertiary alicyclic amines) is 1. The van der Waals surface area contributed by atoms with Crippen LogP contribution in [0.15, 0.2) is 23.8 Å². The molecule has 2 aromatic rings. The van der Waals surface area contributed by atoms with E-state index in [1.54, 1.807) is 12.4 Å². The van der Waals surface area contributed by atoms with Gasteiger partial charge in [-0.1, -0.05) is 0 Å². The van der Waals surface area contributed by atoms with Gasteiger partial charge in [0.05, 0.1) is 12.2 Å². The summed E-state index contributed by atoms with van der Waals surface area (Å²) >= 11 is 1.82. The summed E-state index contributed by atoms with van der Waals surface area (Å²) in [4.78, 5) is 22.6. The van der Waals surface area contributed by atoms with E-state index in [0.29, 0.717) is 5.82 Å². The quantitative estimate of drug-likeness (QED) is 0.878. The first-order valence-corrected chi connectivity index (χ1v) is 8.16. The van der Waals surface area contributed by atoms with E-state index in [4.69, 9.17) is 4.74 Å². The minimum absolute atomic E-state index is 0.0174. The number of fused-ring (bicyclic) bond motifs is 2. The largest absolute Gasteiger partial charge is 0.370 e. The molecule has 1 amide bonds. The molecule has 1 N–H and O–H groups in total. The SMILES string of the molecule is O=C(c1ncc[nH]1)N1CCC2(CC1)OCCc1sccc12. The van der Waals surface area contributed by atoms with Gasteiger partial charge in [0.2, 0.25) is 0 Å². The van der Waals surface area contributed by atoms with E-state index in [0.717, 1.165) is 39.0 Å². The van der Waals surface area contributed by atoms with Gasteiger partial charge in [-0.05, 0) is 29.9 Å². The Balaban J connectivity index is 1.52. The van der Waals surface area contributed by atoms with E-state index in [9.17, 15) is 4.79 Å². The summed E-state index contributed by atoms with van der Waals surface area (Å²) in [6, 6.07) is 2.20. The number of amides is 1. The Hall–Kier alpha value is -1.66. The van der Waals surface area contributed by atoms with E-state index in [2.05, 4.69) is 21.4 Å². The van der Waals surface area contributed by atoms with Crippen molar-refractivity contribution in [3.63, 3.8) is 0 Å². The number of carbonyl (C=O) groups excluding carboxylic acids is 1. The third kappa shape index (κ3) is 2.10. The van der Waals surface area contributed by atoms with Crippen LogP contribution in [0.3, 0.4) is 0 Å². The molecule has 1 fully saturated rings. The van der Waals surface area contributed by atoms with Crippen molar-refractivity contribution >= 4 is 17.2 Å². The normalized spacial score (nSPS) is 20.5. The van der Waals surface area contributed by atoms with E-state index < -0.39 is 0 Å². The fraction of sp³-hybridized carbons (Fsp3) is 0.467. The molecular formula is C15H17N3O2S. The number of nitrogens with one attached hydrogen (secondary N) is 1. The Morgan fingerprint density at radius 3 is 3.05 bits per heavy atom. The molecule has 21 heavy (non-hydrogen) atoms. The average Bonchev–Trinajstić information content (AvgIpc) is 3.19. The van der Waals surface area contributed by atoms with Crippen LogP contribution in [0.4, 0.5) is 0 Å². The van der Waals surface area contributed by atoms with Gasteiger partial charge in [0.1, 0.15) is 0 Å². The summed E-state index contributed by atoms with van der Waals surface area (Å²) in [6.45, 7) is 2.23. The van der Waals surface area contributed by atoms with E-state index in [-0.39, 0.29) is 11.5 Å². The Morgan fingerprint density at radius 1 is 1.43 bits per heavy atom. The molecule has 0 bridgehead atoms. The standard InChI is InChI=1S/C15H17N3O2S/c19-14(13-16-5-6-17-13)18-7-3-15(4-8-18)11-2-10-21-12(11)1-9-20-15/h2,5-6,10H,1,3-4,7-9H2,(H,16,17). The molecule has 2 aliphatic heterocycles. The van der Waals surface area contributed by atoms with Crippen LogP contribution in [0, 0.1) is 0 Å². The molecule has 2 aliphatic rings. The van der Waals surface area contributed by atoms with Crippen LogP contribution in [0.1, 0.15) is 33.9 Å². The highest BCUT2D eigenvalue weighted by molar-refractivity contribution is 7.10. The number of rotatable bonds is 1. The minimum atomic E-state index is -0.173. The van der Waals surface area contributed by atoms with E-state index in [1.165, 1.54) is 10.4 Å². The van der Waals surface area contributed by atoms with Crippen LogP contribution < -0.4 is 0 Å². The number of hydrogen-bond donors (Lipinski definition) is 1. The van der Waals surface area contributed by atoms with Crippen LogP contribution >= 0.6 is 11.3 Å². The number of hydrogen-bond acceptors (Lipinski definition) is 4. The summed E-state index contributed by atoms with van der Waals surface area (Å²) in [5.41, 5.74) is 1.18. The monoisotopic (exact) mass is 303 g/mol. The first-order chi connectivity index (χ1) is 10.3. The second kappa shape index (κ2) is 4.96. The number of thiophene rings is 1. The molecular weight excluding hydrogens is 286 g/mol. The second-order valence-electron chi connectivity index (χ2n) is 5.58. The molecule has 0 aromatic carbocycles. The zero-order valence-electron chi connectivity index (χ0n) is 11.7. The van der Waals surface area contributed by atoms with Gasteiger partial charge < -0.3 is 14.6 Å². The summed E-state index contributed by atoms with van der Waals surface area (Å²) in [6.07, 6.45) is 6.04. The number of aromatic amines is 1. The van der Waals surface area contributed by atoms with Gasteiger partial charge in [0.25, 0.3) is 5.91 Å². The molecule has 6 heteroatoms. The maximum absolute atomic E-state index is 12.3. The highest BCUT2D eigenvalue weighted by Crippen LogP contribution is 2.43. The first kappa shape index (κ1) is 13.0. The van der Waals surface area contributed by atoms with Crippen molar-refractivity contribution in [2.24, 2.45) is 0 Å². The van der Waals surface area contributed by atoms with Crippen LogP contribution in [-0.2, 0) is 16.8 Å². The summed E-state index contributed by atoms with van der Waals surface area (Å²) in [5, 5.41) is 2.15. The third-order valence-corrected chi connectivity index (χ3v) is 5.48. The number of piperidine rings is 1. The lowest BCUT2D eigenvalue weighted by Gasteiger charge is -2.43. The molecule has 2 aromatic heterocycles. The van der Waals surface area contributed by atoms with Crippen molar-refractivity contribution in [1.82, 2.24) is 14.9 Å². The zero-order chi connectivity index (χ0) is 14.3. The average molecular weight is 303 g/mol. The van der Waals surface area contributed by atoms with Gasteiger partial charge in [-0.25, -0.2) is 4.98 Å². The molecule has 4 heterocycles. The van der Waals surface area contributed by atoms with Crippen molar-refractivity contribution in [2.45, 2.75) is 24.9 Å². The molecule has 1 spiro atoms. The highest BCUT2D eigenvalue weighted by Gasteiger charge is 2.42. The number of aromatic nitrogens is 2. The van der Waals surface area contributed by atoms with Gasteiger partial charge in [-0.2, -0.15) is 0 Å². The van der Waals surface area contributed by atoms with Crippen molar-refractivity contribution in [3.8, 4) is 0 Å². The van der Waals surface area contributed by atoms with Gasteiger partial charge in [-0.3, -0.25) is 4.79 Å². The van der Waals surface area contributed by atoms with Crippen molar-refractivity contribution in [2.75, 3.05) is 19.7 Å². The molecule has 5 nitrogen and oxygen atoms in total. The van der Waals surface area contributed by atoms with Gasteiger partial charge in [0, 0.05) is 36.8 Å². The Kier molecular flexibility index (Phi) is 3.08. The lowest BCUT2D eigenvalue weighted by atomic mass is 9.82. The fourth-order valence-electron chi connectivity index (χ4n) is 3.37. The van der Waals surface area contributed by atoms with Crippen LogP contribution in [0.5, 0.6) is 0 Å². The second-order valence-corrected chi connectivity index (χ2v) is 6.58. The third-order valence-electron chi connectivity index (χ3n) is 4.50. The predicted molar refractivity (Wildman–Crippen MR) is 79.4 cm³/mol. The smallest absolute Gasteiger partial charge is 0.289 e. The summed E-state index contributed by atoms with van der Waals surface area (Å²) in [5.74, 6) is 0.405. The Morgan fingerprint density at radius 2 is 2.29 bits per heavy atom. The number of H-pyrrole nitrogens is 1. The van der Waals surface area contributed by atoms with Crippen LogP contribution in [0.2, 0.25) is 0 Å². The number of imidazole rings is 1. The van der Waals surface area contributed by atoms with Crippen molar-refractivity contribution in [3.05, 3.63) is 40.1 Å². The summed E-state index contributed by atoms with van der Waals surface area (Å²) < 4.78 is 6.16.